The largest absolute Gasteiger partial charge is 0.367 e. The zero-order valence-electron chi connectivity index (χ0n) is 14.4. The number of hydrogen-bond acceptors (Lipinski definition) is 3. The molecule has 2 atom stereocenters. The molecule has 2 aliphatic heterocycles. The Labute approximate surface area is 129 Å². The summed E-state index contributed by atoms with van der Waals surface area (Å²) in [6, 6.07) is 0.592. The monoisotopic (exact) mass is 297 g/mol. The van der Waals surface area contributed by atoms with Crippen molar-refractivity contribution in [3.8, 4) is 0 Å². The van der Waals surface area contributed by atoms with Gasteiger partial charge in [-0.1, -0.05) is 0 Å². The fourth-order valence-electron chi connectivity index (χ4n) is 3.59. The van der Waals surface area contributed by atoms with Crippen molar-refractivity contribution in [1.29, 1.82) is 0 Å². The Kier molecular flexibility index (Phi) is 4.54. The third kappa shape index (κ3) is 3.89. The van der Waals surface area contributed by atoms with Gasteiger partial charge in [0.1, 0.15) is 0 Å². The molecule has 0 aliphatic carbocycles. The van der Waals surface area contributed by atoms with Crippen molar-refractivity contribution in [1.82, 2.24) is 15.1 Å². The summed E-state index contributed by atoms with van der Waals surface area (Å²) in [6.45, 7) is 9.97. The Hall–Kier alpha value is -0.810. The number of piperidine rings is 1. The van der Waals surface area contributed by atoms with Crippen molar-refractivity contribution in [2.75, 3.05) is 27.2 Å². The number of likely N-dealkylation sites (N-methyl/N-ethyl adjacent to an activating group) is 1. The molecule has 1 N–H and O–H groups in total. The molecule has 5 nitrogen and oxygen atoms in total. The zero-order valence-corrected chi connectivity index (χ0v) is 14.4. The van der Waals surface area contributed by atoms with Gasteiger partial charge in [0.2, 0.25) is 0 Å². The van der Waals surface area contributed by atoms with Crippen molar-refractivity contribution >= 4 is 6.03 Å². The highest BCUT2D eigenvalue weighted by molar-refractivity contribution is 5.75. The third-order valence-electron chi connectivity index (χ3n) is 4.79. The first-order valence-corrected chi connectivity index (χ1v) is 8.03. The predicted molar refractivity (Wildman–Crippen MR) is 84.5 cm³/mol. The number of likely N-dealkylation sites (tertiary alicyclic amines) is 1. The standard InChI is InChI=1S/C16H31N3O2/c1-15(2)10-13(16(3,4)21-15)17-14(20)19-9-7-8-12(11-19)18(5)6/h12-13H,7-11H2,1-6H3,(H,17,20)/t12-,13+/m0/s1. The van der Waals surface area contributed by atoms with Crippen molar-refractivity contribution in [2.24, 2.45) is 0 Å². The van der Waals surface area contributed by atoms with Crippen molar-refractivity contribution in [3.05, 3.63) is 0 Å². The van der Waals surface area contributed by atoms with E-state index in [1.807, 2.05) is 4.90 Å². The molecular formula is C16H31N3O2. The molecule has 21 heavy (non-hydrogen) atoms. The van der Waals surface area contributed by atoms with Gasteiger partial charge in [0.15, 0.2) is 0 Å². The fraction of sp³-hybridized carbons (Fsp3) is 0.938. The van der Waals surface area contributed by atoms with Crippen molar-refractivity contribution < 1.29 is 9.53 Å². The van der Waals surface area contributed by atoms with Crippen LogP contribution in [-0.2, 0) is 4.74 Å². The highest BCUT2D eigenvalue weighted by Crippen LogP contribution is 2.37. The van der Waals surface area contributed by atoms with E-state index in [-0.39, 0.29) is 23.3 Å². The third-order valence-corrected chi connectivity index (χ3v) is 4.79. The lowest BCUT2D eigenvalue weighted by Gasteiger charge is -2.37. The van der Waals surface area contributed by atoms with Gasteiger partial charge in [-0.25, -0.2) is 4.79 Å². The van der Waals surface area contributed by atoms with E-state index in [0.717, 1.165) is 25.9 Å². The van der Waals surface area contributed by atoms with Gasteiger partial charge in [-0.3, -0.25) is 0 Å². The van der Waals surface area contributed by atoms with Crippen LogP contribution < -0.4 is 5.32 Å². The van der Waals surface area contributed by atoms with Crippen LogP contribution in [0.15, 0.2) is 0 Å². The minimum absolute atomic E-state index is 0.0564. The van der Waals surface area contributed by atoms with Crippen LogP contribution in [0.3, 0.4) is 0 Å². The second-order valence-electron chi connectivity index (χ2n) is 7.88. The second kappa shape index (κ2) is 5.76. The molecule has 0 saturated carbocycles. The second-order valence-corrected chi connectivity index (χ2v) is 7.88. The average Bonchev–Trinajstić information content (AvgIpc) is 2.57. The molecule has 2 rings (SSSR count). The van der Waals surface area contributed by atoms with E-state index < -0.39 is 0 Å². The van der Waals surface area contributed by atoms with E-state index in [9.17, 15) is 4.79 Å². The average molecular weight is 297 g/mol. The molecule has 122 valence electrons. The molecule has 2 fully saturated rings. The molecule has 0 aromatic heterocycles. The minimum Gasteiger partial charge on any atom is -0.367 e. The van der Waals surface area contributed by atoms with Gasteiger partial charge in [0.05, 0.1) is 17.2 Å². The minimum atomic E-state index is -0.310. The lowest BCUT2D eigenvalue weighted by Crippen LogP contribution is -2.55. The van der Waals surface area contributed by atoms with Crippen LogP contribution in [0.25, 0.3) is 0 Å². The van der Waals surface area contributed by atoms with Gasteiger partial charge in [0, 0.05) is 19.1 Å². The number of nitrogens with one attached hydrogen (secondary N) is 1. The molecular weight excluding hydrogens is 266 g/mol. The first kappa shape index (κ1) is 16.6. The maximum absolute atomic E-state index is 12.6. The van der Waals surface area contributed by atoms with E-state index in [2.05, 4.69) is 52.0 Å². The molecule has 2 saturated heterocycles. The number of hydrogen-bond donors (Lipinski definition) is 1. The van der Waals surface area contributed by atoms with Crippen LogP contribution in [-0.4, -0.2) is 66.3 Å². The van der Waals surface area contributed by atoms with Crippen molar-refractivity contribution in [3.63, 3.8) is 0 Å². The van der Waals surface area contributed by atoms with Gasteiger partial charge in [-0.15, -0.1) is 0 Å². The van der Waals surface area contributed by atoms with Crippen molar-refractivity contribution in [2.45, 2.75) is 70.2 Å². The molecule has 0 radical (unpaired) electrons. The molecule has 0 bridgehead atoms. The summed E-state index contributed by atoms with van der Waals surface area (Å²) in [4.78, 5) is 16.7. The van der Waals surface area contributed by atoms with Crippen LogP contribution in [0.2, 0.25) is 0 Å². The zero-order chi connectivity index (χ0) is 15.8. The van der Waals surface area contributed by atoms with Crippen LogP contribution in [0.5, 0.6) is 0 Å². The highest BCUT2D eigenvalue weighted by Gasteiger charge is 2.47. The molecule has 2 heterocycles. The summed E-state index contributed by atoms with van der Waals surface area (Å²) in [7, 11) is 4.17. The Morgan fingerprint density at radius 2 is 1.95 bits per heavy atom. The number of amides is 2. The van der Waals surface area contributed by atoms with E-state index >= 15 is 0 Å². The van der Waals surface area contributed by atoms with Gasteiger partial charge in [0.25, 0.3) is 0 Å². The topological polar surface area (TPSA) is 44.8 Å². The molecule has 2 amide bonds. The summed E-state index contributed by atoms with van der Waals surface area (Å²) >= 11 is 0. The maximum atomic E-state index is 12.6. The fourth-order valence-corrected chi connectivity index (χ4v) is 3.59. The SMILES string of the molecule is CN(C)[C@H]1CCCN(C(=O)N[C@@H]2CC(C)(C)OC2(C)C)C1. The lowest BCUT2D eigenvalue weighted by atomic mass is 9.94. The number of nitrogens with zero attached hydrogens (tertiary/aromatic N) is 2. The van der Waals surface area contributed by atoms with E-state index in [1.54, 1.807) is 0 Å². The van der Waals surface area contributed by atoms with Crippen LogP contribution in [0, 0.1) is 0 Å². The lowest BCUT2D eigenvalue weighted by molar-refractivity contribution is -0.0693. The van der Waals surface area contributed by atoms with Gasteiger partial charge >= 0.3 is 6.03 Å². The summed E-state index contributed by atoms with van der Waals surface area (Å²) in [6.07, 6.45) is 3.10. The summed E-state index contributed by atoms with van der Waals surface area (Å²) in [5.74, 6) is 0. The van der Waals surface area contributed by atoms with Crippen LogP contribution in [0.4, 0.5) is 4.79 Å². The summed E-state index contributed by atoms with van der Waals surface area (Å²) < 4.78 is 6.05. The summed E-state index contributed by atoms with van der Waals surface area (Å²) in [5.41, 5.74) is -0.481. The quantitative estimate of drug-likeness (QED) is 0.848. The molecule has 2 aliphatic rings. The Morgan fingerprint density at radius 1 is 1.29 bits per heavy atom. The summed E-state index contributed by atoms with van der Waals surface area (Å²) in [5, 5.41) is 3.20. The van der Waals surface area contributed by atoms with Gasteiger partial charge in [-0.05, 0) is 61.1 Å². The number of carbonyl (C=O) groups excluding carboxylic acids is 1. The molecule has 0 aromatic rings. The smallest absolute Gasteiger partial charge is 0.317 e. The first-order chi connectivity index (χ1) is 9.61. The molecule has 0 aromatic carbocycles. The number of carbonyl (C=O) groups is 1. The van der Waals surface area contributed by atoms with E-state index in [4.69, 9.17) is 4.74 Å². The number of urea groups is 1. The number of ether oxygens (including phenoxy) is 1. The molecule has 5 heteroatoms. The predicted octanol–water partition coefficient (Wildman–Crippen LogP) is 2.07. The number of rotatable bonds is 2. The maximum Gasteiger partial charge on any atom is 0.317 e. The van der Waals surface area contributed by atoms with Gasteiger partial charge in [-0.2, -0.15) is 0 Å². The van der Waals surface area contributed by atoms with Crippen LogP contribution >= 0.6 is 0 Å². The molecule has 0 unspecified atom stereocenters. The first-order valence-electron chi connectivity index (χ1n) is 8.03. The van der Waals surface area contributed by atoms with Gasteiger partial charge < -0.3 is 19.9 Å². The Morgan fingerprint density at radius 3 is 2.48 bits per heavy atom. The Bertz CT molecular complexity index is 393. The molecule has 0 spiro atoms. The highest BCUT2D eigenvalue weighted by atomic mass is 16.5. The van der Waals surface area contributed by atoms with E-state index in [1.165, 1.54) is 6.42 Å². The normalized spacial score (nSPS) is 31.5. The Balaban J connectivity index is 1.95. The van der Waals surface area contributed by atoms with Crippen LogP contribution in [0.1, 0.15) is 47.0 Å². The van der Waals surface area contributed by atoms with E-state index in [0.29, 0.717) is 6.04 Å².